The zero-order chi connectivity index (χ0) is 20.9. The van der Waals surface area contributed by atoms with E-state index in [9.17, 15) is 14.8 Å². The molecule has 2 aliphatic heterocycles. The third-order valence-corrected chi connectivity index (χ3v) is 6.54. The van der Waals surface area contributed by atoms with Crippen molar-refractivity contribution in [1.82, 2.24) is 9.88 Å². The molecule has 2 aromatic carbocycles. The van der Waals surface area contributed by atoms with Gasteiger partial charge in [0.15, 0.2) is 0 Å². The van der Waals surface area contributed by atoms with Gasteiger partial charge in [-0.05, 0) is 42.1 Å². The number of benzene rings is 2. The van der Waals surface area contributed by atoms with E-state index in [0.29, 0.717) is 42.9 Å². The van der Waals surface area contributed by atoms with Gasteiger partial charge in [0.05, 0.1) is 6.61 Å². The van der Waals surface area contributed by atoms with Crippen LogP contribution in [0.1, 0.15) is 34.5 Å². The van der Waals surface area contributed by atoms with Gasteiger partial charge < -0.3 is 30.4 Å². The fraction of sp³-hybridized carbons (Fsp3) is 0.318. The van der Waals surface area contributed by atoms with Crippen molar-refractivity contribution in [2.45, 2.75) is 24.8 Å². The molecule has 5 N–H and O–H groups in total. The molecule has 1 amide bonds. The van der Waals surface area contributed by atoms with Crippen LogP contribution in [-0.2, 0) is 12.0 Å². The fourth-order valence-corrected chi connectivity index (χ4v) is 4.68. The van der Waals surface area contributed by atoms with E-state index in [4.69, 9.17) is 10.5 Å². The Morgan fingerprint density at radius 1 is 1.17 bits per heavy atom. The van der Waals surface area contributed by atoms with Crippen molar-refractivity contribution < 1.29 is 19.6 Å². The minimum Gasteiger partial charge on any atom is -0.492 e. The number of aromatic nitrogens is 1. The highest BCUT2D eigenvalue weighted by molar-refractivity contribution is 6.58. The Kier molecular flexibility index (Phi) is 4.58. The van der Waals surface area contributed by atoms with E-state index in [2.05, 4.69) is 11.1 Å². The SMILES string of the molecule is NCc1ccc2c(c1)C1(CCN(C(=O)c3cc4ccc(B(O)O)cc4[nH]3)CC1)CO2. The van der Waals surface area contributed by atoms with Gasteiger partial charge in [-0.1, -0.05) is 24.3 Å². The molecule has 0 aliphatic carbocycles. The molecule has 2 aliphatic rings. The number of ether oxygens (including phenoxy) is 1. The first-order valence-electron chi connectivity index (χ1n) is 10.2. The second kappa shape index (κ2) is 7.16. The first-order chi connectivity index (χ1) is 14.5. The Labute approximate surface area is 174 Å². The number of carbonyl (C=O) groups is 1. The number of rotatable bonds is 3. The first-order valence-corrected chi connectivity index (χ1v) is 10.2. The number of likely N-dealkylation sites (tertiary alicyclic amines) is 1. The number of fused-ring (bicyclic) bond motifs is 3. The second-order valence-corrected chi connectivity index (χ2v) is 8.30. The molecule has 7 nitrogen and oxygen atoms in total. The van der Waals surface area contributed by atoms with Crippen molar-refractivity contribution in [2.75, 3.05) is 19.7 Å². The van der Waals surface area contributed by atoms with Gasteiger partial charge in [0.25, 0.3) is 5.91 Å². The lowest BCUT2D eigenvalue weighted by Gasteiger charge is -2.38. The smallest absolute Gasteiger partial charge is 0.488 e. The van der Waals surface area contributed by atoms with E-state index >= 15 is 0 Å². The maximum absolute atomic E-state index is 13.1. The van der Waals surface area contributed by atoms with Crippen LogP contribution in [0.5, 0.6) is 5.75 Å². The number of carbonyl (C=O) groups excluding carboxylic acids is 1. The summed E-state index contributed by atoms with van der Waals surface area (Å²) in [6, 6.07) is 13.1. The number of nitrogens with zero attached hydrogens (tertiary/aromatic N) is 1. The van der Waals surface area contributed by atoms with Crippen molar-refractivity contribution in [3.8, 4) is 5.75 Å². The van der Waals surface area contributed by atoms with Crippen LogP contribution in [0.2, 0.25) is 0 Å². The first kappa shape index (κ1) is 19.2. The lowest BCUT2D eigenvalue weighted by atomic mass is 9.74. The predicted octanol–water partition coefficient (Wildman–Crippen LogP) is 0.873. The quantitative estimate of drug-likeness (QED) is 0.484. The summed E-state index contributed by atoms with van der Waals surface area (Å²) in [4.78, 5) is 18.1. The third kappa shape index (κ3) is 3.08. The van der Waals surface area contributed by atoms with Gasteiger partial charge in [-0.2, -0.15) is 0 Å². The molecule has 3 aromatic rings. The van der Waals surface area contributed by atoms with E-state index in [1.807, 2.05) is 23.1 Å². The number of hydrogen-bond acceptors (Lipinski definition) is 5. The molecule has 0 bridgehead atoms. The Morgan fingerprint density at radius 2 is 1.97 bits per heavy atom. The maximum Gasteiger partial charge on any atom is 0.488 e. The van der Waals surface area contributed by atoms with Crippen molar-refractivity contribution >= 4 is 29.4 Å². The van der Waals surface area contributed by atoms with Gasteiger partial charge in [-0.25, -0.2) is 0 Å². The Morgan fingerprint density at radius 3 is 2.70 bits per heavy atom. The number of H-pyrrole nitrogens is 1. The van der Waals surface area contributed by atoms with Gasteiger partial charge in [-0.15, -0.1) is 0 Å². The van der Waals surface area contributed by atoms with Crippen LogP contribution in [0.25, 0.3) is 10.9 Å². The van der Waals surface area contributed by atoms with Gasteiger partial charge in [0, 0.05) is 41.5 Å². The average Bonchev–Trinajstić information content (AvgIpc) is 3.35. The highest BCUT2D eigenvalue weighted by Gasteiger charge is 2.44. The van der Waals surface area contributed by atoms with Crippen molar-refractivity contribution in [3.63, 3.8) is 0 Å². The van der Waals surface area contributed by atoms with Crippen LogP contribution >= 0.6 is 0 Å². The average molecular weight is 405 g/mol. The predicted molar refractivity (Wildman–Crippen MR) is 115 cm³/mol. The van der Waals surface area contributed by atoms with Gasteiger partial charge >= 0.3 is 7.12 Å². The van der Waals surface area contributed by atoms with E-state index in [0.717, 1.165) is 29.5 Å². The normalized spacial score (nSPS) is 17.2. The molecule has 1 spiro atoms. The summed E-state index contributed by atoms with van der Waals surface area (Å²) in [6.07, 6.45) is 1.70. The van der Waals surface area contributed by atoms with Crippen LogP contribution < -0.4 is 15.9 Å². The molecule has 0 saturated carbocycles. The molecule has 1 saturated heterocycles. The van der Waals surface area contributed by atoms with Gasteiger partial charge in [-0.3, -0.25) is 4.79 Å². The number of nitrogens with one attached hydrogen (secondary N) is 1. The number of nitrogens with two attached hydrogens (primary N) is 1. The highest BCUT2D eigenvalue weighted by atomic mass is 16.5. The number of hydrogen-bond donors (Lipinski definition) is 4. The minimum absolute atomic E-state index is 0.0398. The lowest BCUT2D eigenvalue weighted by Crippen LogP contribution is -2.46. The molecule has 30 heavy (non-hydrogen) atoms. The summed E-state index contributed by atoms with van der Waals surface area (Å²) in [5.74, 6) is 0.895. The fourth-order valence-electron chi connectivity index (χ4n) is 4.68. The van der Waals surface area contributed by atoms with Crippen LogP contribution in [0, 0.1) is 0 Å². The molecule has 1 fully saturated rings. The van der Waals surface area contributed by atoms with Crippen LogP contribution in [0.4, 0.5) is 0 Å². The van der Waals surface area contributed by atoms with Gasteiger partial charge in [0.2, 0.25) is 0 Å². The topological polar surface area (TPSA) is 112 Å². The Balaban J connectivity index is 1.34. The summed E-state index contributed by atoms with van der Waals surface area (Å²) in [5.41, 5.74) is 9.70. The lowest BCUT2D eigenvalue weighted by molar-refractivity contribution is 0.0641. The highest BCUT2D eigenvalue weighted by Crippen LogP contribution is 2.46. The number of aromatic amines is 1. The standard InChI is InChI=1S/C22H24BN3O4/c24-12-14-1-4-20-17(9-14)22(13-30-20)5-7-26(8-6-22)21(27)19-10-15-2-3-16(23(28)29)11-18(15)25-19/h1-4,9-11,25,28-29H,5-8,12-13,24H2. The maximum atomic E-state index is 13.1. The molecule has 3 heterocycles. The van der Waals surface area contributed by atoms with E-state index in [-0.39, 0.29) is 11.3 Å². The second-order valence-electron chi connectivity index (χ2n) is 8.30. The molecular formula is C22H24BN3O4. The van der Waals surface area contributed by atoms with Crippen LogP contribution in [0.3, 0.4) is 0 Å². The molecular weight excluding hydrogens is 381 g/mol. The molecule has 5 rings (SSSR count). The molecule has 0 atom stereocenters. The summed E-state index contributed by atoms with van der Waals surface area (Å²) < 4.78 is 5.95. The molecule has 8 heteroatoms. The van der Waals surface area contributed by atoms with E-state index < -0.39 is 7.12 Å². The largest absolute Gasteiger partial charge is 0.492 e. The number of amides is 1. The molecule has 1 aromatic heterocycles. The Bertz CT molecular complexity index is 1120. The van der Waals surface area contributed by atoms with Crippen LogP contribution in [-0.4, -0.2) is 52.7 Å². The van der Waals surface area contributed by atoms with Crippen LogP contribution in [0.15, 0.2) is 42.5 Å². The summed E-state index contributed by atoms with van der Waals surface area (Å²) >= 11 is 0. The zero-order valence-corrected chi connectivity index (χ0v) is 16.6. The number of piperidine rings is 1. The van der Waals surface area contributed by atoms with Crippen molar-refractivity contribution in [3.05, 3.63) is 59.3 Å². The third-order valence-electron chi connectivity index (χ3n) is 6.54. The molecule has 0 unspecified atom stereocenters. The van der Waals surface area contributed by atoms with E-state index in [1.165, 1.54) is 5.56 Å². The zero-order valence-electron chi connectivity index (χ0n) is 16.6. The minimum atomic E-state index is -1.54. The van der Waals surface area contributed by atoms with E-state index in [1.54, 1.807) is 18.2 Å². The summed E-state index contributed by atoms with van der Waals surface area (Å²) in [6.45, 7) is 2.47. The summed E-state index contributed by atoms with van der Waals surface area (Å²) in [5, 5.41) is 19.6. The Hall–Kier alpha value is -2.81. The van der Waals surface area contributed by atoms with Crippen molar-refractivity contribution in [1.29, 1.82) is 0 Å². The monoisotopic (exact) mass is 405 g/mol. The van der Waals surface area contributed by atoms with Crippen molar-refractivity contribution in [2.24, 2.45) is 5.73 Å². The molecule has 0 radical (unpaired) electrons. The van der Waals surface area contributed by atoms with Gasteiger partial charge in [0.1, 0.15) is 11.4 Å². The molecule has 154 valence electrons. The summed E-state index contributed by atoms with van der Waals surface area (Å²) in [7, 11) is -1.54.